The van der Waals surface area contributed by atoms with Crippen molar-refractivity contribution in [3.63, 3.8) is 0 Å². The molecule has 0 aliphatic heterocycles. The van der Waals surface area contributed by atoms with Gasteiger partial charge in [-0.3, -0.25) is 19.7 Å². The summed E-state index contributed by atoms with van der Waals surface area (Å²) in [5.74, 6) is -0.488. The molecule has 3 N–H and O–H groups in total. The van der Waals surface area contributed by atoms with Gasteiger partial charge >= 0.3 is 5.63 Å². The van der Waals surface area contributed by atoms with Crippen LogP contribution in [0.15, 0.2) is 57.7 Å². The number of nitro benzene ring substituents is 1. The zero-order valence-corrected chi connectivity index (χ0v) is 30.9. The number of hydrogen-bond acceptors (Lipinski definition) is 15. The smallest absolute Gasteiger partial charge is 0.349 e. The molecule has 18 heteroatoms. The number of hydrogen-bond donors (Lipinski definition) is 3. The van der Waals surface area contributed by atoms with Crippen molar-refractivity contribution >= 4 is 28.5 Å². The third-order valence-electron chi connectivity index (χ3n) is 7.46. The molecular formula is C37H51N3O15. The number of fused-ring (bicyclic) bond motifs is 1. The number of non-ortho nitro benzene ring substituents is 1. The van der Waals surface area contributed by atoms with Crippen molar-refractivity contribution in [2.75, 3.05) is 119 Å². The fraction of sp³-hybridized carbons (Fsp3) is 0.541. The highest BCUT2D eigenvalue weighted by molar-refractivity contribution is 5.96. The maximum Gasteiger partial charge on any atom is 0.349 e. The van der Waals surface area contributed by atoms with Gasteiger partial charge in [-0.25, -0.2) is 4.79 Å². The lowest BCUT2D eigenvalue weighted by Gasteiger charge is -2.09. The Morgan fingerprint density at radius 2 is 1.13 bits per heavy atom. The van der Waals surface area contributed by atoms with Crippen LogP contribution in [-0.2, 0) is 49.1 Å². The maximum atomic E-state index is 12.4. The van der Waals surface area contributed by atoms with E-state index in [4.69, 9.17) is 42.3 Å². The standard InChI is InChI=1S/C37H51N3O15/c41-32-5-1-29(2-6-32)7-9-38-35(42)8-11-47-13-15-49-17-19-51-21-23-53-25-26-54-24-22-52-20-18-50-16-14-48-12-10-39-36(43)33-27-30-3-4-31(40(45)46)28-34(30)55-37(33)44/h1-6,27-28,41H,7-26H2,(H,38,42)(H,39,43). The van der Waals surface area contributed by atoms with Crippen LogP contribution in [0.25, 0.3) is 11.0 Å². The van der Waals surface area contributed by atoms with Crippen LogP contribution in [0.5, 0.6) is 5.75 Å². The van der Waals surface area contributed by atoms with Crippen LogP contribution in [0.3, 0.4) is 0 Å². The largest absolute Gasteiger partial charge is 0.508 e. The number of phenolic OH excluding ortho intramolecular Hbond substituents is 1. The van der Waals surface area contributed by atoms with Crippen molar-refractivity contribution in [3.05, 3.63) is 80.2 Å². The number of phenols is 1. The minimum atomic E-state index is -0.892. The van der Waals surface area contributed by atoms with E-state index in [0.29, 0.717) is 117 Å². The first-order valence-electron chi connectivity index (χ1n) is 18.0. The predicted octanol–water partition coefficient (Wildman–Crippen LogP) is 2.02. The van der Waals surface area contributed by atoms with Crippen molar-refractivity contribution in [3.8, 4) is 5.75 Å². The molecule has 0 fully saturated rings. The normalized spacial score (nSPS) is 11.2. The van der Waals surface area contributed by atoms with Gasteiger partial charge in [-0.2, -0.15) is 0 Å². The van der Waals surface area contributed by atoms with Gasteiger partial charge in [0, 0.05) is 31.0 Å². The minimum absolute atomic E-state index is 0.0233. The number of carbonyl (C=O) groups is 2. The van der Waals surface area contributed by atoms with Crippen LogP contribution in [-0.4, -0.2) is 141 Å². The van der Waals surface area contributed by atoms with Crippen molar-refractivity contribution < 1.29 is 61.9 Å². The van der Waals surface area contributed by atoms with Gasteiger partial charge in [-0.15, -0.1) is 0 Å². The first-order valence-corrected chi connectivity index (χ1v) is 18.0. The van der Waals surface area contributed by atoms with Gasteiger partial charge in [0.1, 0.15) is 16.9 Å². The number of nitrogens with zero attached hydrogens (tertiary/aromatic N) is 1. The molecule has 1 aromatic heterocycles. The van der Waals surface area contributed by atoms with Gasteiger partial charge in [-0.1, -0.05) is 12.1 Å². The first kappa shape index (κ1) is 44.9. The number of rotatable bonds is 32. The monoisotopic (exact) mass is 777 g/mol. The average molecular weight is 778 g/mol. The number of benzene rings is 2. The van der Waals surface area contributed by atoms with Crippen molar-refractivity contribution in [1.82, 2.24) is 10.6 Å². The molecule has 0 aliphatic carbocycles. The topological polar surface area (TPSA) is 226 Å². The van der Waals surface area contributed by atoms with Crippen molar-refractivity contribution in [2.45, 2.75) is 12.8 Å². The van der Waals surface area contributed by atoms with Crippen molar-refractivity contribution in [2.24, 2.45) is 0 Å². The molecule has 18 nitrogen and oxygen atoms in total. The fourth-order valence-electron chi connectivity index (χ4n) is 4.61. The molecule has 3 rings (SSSR count). The zero-order valence-electron chi connectivity index (χ0n) is 30.9. The predicted molar refractivity (Wildman–Crippen MR) is 197 cm³/mol. The van der Waals surface area contributed by atoms with Crippen LogP contribution >= 0.6 is 0 Å². The highest BCUT2D eigenvalue weighted by Crippen LogP contribution is 2.20. The van der Waals surface area contributed by atoms with E-state index in [1.165, 1.54) is 18.2 Å². The molecule has 0 radical (unpaired) electrons. The van der Waals surface area contributed by atoms with Crippen LogP contribution in [0.2, 0.25) is 0 Å². The average Bonchev–Trinajstić information content (AvgIpc) is 3.17. The summed E-state index contributed by atoms with van der Waals surface area (Å²) in [4.78, 5) is 46.7. The van der Waals surface area contributed by atoms with Gasteiger partial charge < -0.3 is 58.1 Å². The number of amides is 2. The number of ether oxygens (including phenoxy) is 8. The van der Waals surface area contributed by atoms with E-state index in [1.54, 1.807) is 12.1 Å². The van der Waals surface area contributed by atoms with E-state index in [1.807, 2.05) is 12.1 Å². The highest BCUT2D eigenvalue weighted by atomic mass is 16.6. The van der Waals surface area contributed by atoms with E-state index in [0.717, 1.165) is 11.6 Å². The highest BCUT2D eigenvalue weighted by Gasteiger charge is 2.15. The molecule has 0 atom stereocenters. The summed E-state index contributed by atoms with van der Waals surface area (Å²) in [7, 11) is 0. The van der Waals surface area contributed by atoms with Crippen LogP contribution < -0.4 is 16.3 Å². The molecule has 0 bridgehead atoms. The lowest BCUT2D eigenvalue weighted by atomic mass is 10.1. The molecular weight excluding hydrogens is 726 g/mol. The van der Waals surface area contributed by atoms with Gasteiger partial charge in [0.05, 0.1) is 117 Å². The Morgan fingerprint density at radius 1 is 0.636 bits per heavy atom. The summed E-state index contributed by atoms with van der Waals surface area (Å²) in [6.07, 6.45) is 0.975. The first-order chi connectivity index (χ1) is 26.8. The molecule has 0 saturated carbocycles. The van der Waals surface area contributed by atoms with Crippen LogP contribution in [0.4, 0.5) is 5.69 Å². The molecule has 2 aromatic carbocycles. The van der Waals surface area contributed by atoms with Crippen molar-refractivity contribution in [1.29, 1.82) is 0 Å². The van der Waals surface area contributed by atoms with E-state index in [2.05, 4.69) is 10.6 Å². The Kier molecular flexibility index (Phi) is 22.8. The summed E-state index contributed by atoms with van der Waals surface area (Å²) in [5, 5.41) is 26.0. The van der Waals surface area contributed by atoms with Gasteiger partial charge in [0.25, 0.3) is 11.6 Å². The second kappa shape index (κ2) is 28.0. The third kappa shape index (κ3) is 20.1. The lowest BCUT2D eigenvalue weighted by molar-refractivity contribution is -0.384. The Morgan fingerprint density at radius 3 is 1.64 bits per heavy atom. The second-order valence-electron chi connectivity index (χ2n) is 11.6. The third-order valence-corrected chi connectivity index (χ3v) is 7.46. The maximum absolute atomic E-state index is 12.4. The number of nitro groups is 1. The zero-order chi connectivity index (χ0) is 39.4. The Balaban J connectivity index is 0.982. The Bertz CT molecular complexity index is 1600. The summed E-state index contributed by atoms with van der Waals surface area (Å²) >= 11 is 0. The summed E-state index contributed by atoms with van der Waals surface area (Å²) < 4.78 is 48.6. The molecule has 0 unspecified atom stereocenters. The second-order valence-corrected chi connectivity index (χ2v) is 11.6. The molecule has 1 heterocycles. The summed E-state index contributed by atoms with van der Waals surface area (Å²) in [6.45, 7) is 6.91. The quantitative estimate of drug-likeness (QED) is 0.0357. The minimum Gasteiger partial charge on any atom is -0.508 e. The summed E-state index contributed by atoms with van der Waals surface area (Å²) in [6, 6.07) is 12.0. The Labute approximate surface area is 318 Å². The van der Waals surface area contributed by atoms with Gasteiger partial charge in [0.15, 0.2) is 0 Å². The van der Waals surface area contributed by atoms with E-state index in [9.17, 15) is 29.6 Å². The van der Waals surface area contributed by atoms with Crippen LogP contribution in [0, 0.1) is 10.1 Å². The SMILES string of the molecule is O=C(CCOCCOCCOCCOCCOCCOCCOCCOCCNC(=O)c1cc2ccc([N+](=O)[O-])cc2oc1=O)NCCc1ccc(O)cc1. The molecule has 0 aliphatic rings. The molecule has 2 amide bonds. The summed E-state index contributed by atoms with van der Waals surface area (Å²) in [5.41, 5.74) is -0.257. The number of nitrogens with one attached hydrogen (secondary N) is 2. The molecule has 0 saturated heterocycles. The van der Waals surface area contributed by atoms with Crippen LogP contribution in [0.1, 0.15) is 22.3 Å². The van der Waals surface area contributed by atoms with Gasteiger partial charge in [-0.05, 0) is 36.2 Å². The molecule has 304 valence electrons. The van der Waals surface area contributed by atoms with E-state index >= 15 is 0 Å². The van der Waals surface area contributed by atoms with E-state index in [-0.39, 0.29) is 48.1 Å². The Hall–Kier alpha value is -4.53. The van der Waals surface area contributed by atoms with Gasteiger partial charge in [0.2, 0.25) is 5.91 Å². The molecule has 55 heavy (non-hydrogen) atoms. The fourth-order valence-corrected chi connectivity index (χ4v) is 4.61. The van der Waals surface area contributed by atoms with E-state index < -0.39 is 16.5 Å². The number of carbonyl (C=O) groups excluding carboxylic acids is 2. The molecule has 3 aromatic rings. The number of aromatic hydroxyl groups is 1. The molecule has 0 spiro atoms. The lowest BCUT2D eigenvalue weighted by Crippen LogP contribution is -2.31.